The van der Waals surface area contributed by atoms with Crippen LogP contribution in [0.2, 0.25) is 0 Å². The number of nitrogens with zero attached hydrogens (tertiary/aromatic N) is 2. The number of nitrogens with one attached hydrogen (secondary N) is 1. The molecular formula is C15H20ClN3O. The Morgan fingerprint density at radius 2 is 2.25 bits per heavy atom. The highest BCUT2D eigenvalue weighted by molar-refractivity contribution is 6.16. The fraction of sp³-hybridized carbons (Fsp3) is 0.467. The normalized spacial score (nSPS) is 10.9. The molecule has 1 aromatic carbocycles. The highest BCUT2D eigenvalue weighted by Gasteiger charge is 2.12. The lowest BCUT2D eigenvalue weighted by molar-refractivity contribution is -0.121. The summed E-state index contributed by atoms with van der Waals surface area (Å²) < 4.78 is 2.06. The molecule has 1 N–H and O–H groups in total. The minimum absolute atomic E-state index is 0.0720. The lowest BCUT2D eigenvalue weighted by atomic mass is 10.2. The fourth-order valence-corrected chi connectivity index (χ4v) is 2.53. The van der Waals surface area contributed by atoms with Crippen LogP contribution in [0.3, 0.4) is 0 Å². The molecule has 0 bridgehead atoms. The van der Waals surface area contributed by atoms with Gasteiger partial charge >= 0.3 is 0 Å². The van der Waals surface area contributed by atoms with Crippen LogP contribution in [-0.4, -0.2) is 22.0 Å². The Balaban J connectivity index is 2.22. The summed E-state index contributed by atoms with van der Waals surface area (Å²) >= 11 is 5.97. The molecule has 0 atom stereocenters. The summed E-state index contributed by atoms with van der Waals surface area (Å²) in [6.45, 7) is 5.43. The molecule has 5 heteroatoms. The van der Waals surface area contributed by atoms with Gasteiger partial charge < -0.3 is 9.88 Å². The number of hydrogen-bond acceptors (Lipinski definition) is 2. The number of imidazole rings is 1. The zero-order valence-electron chi connectivity index (χ0n) is 11.9. The third kappa shape index (κ3) is 3.12. The van der Waals surface area contributed by atoms with Gasteiger partial charge in [0.25, 0.3) is 0 Å². The van der Waals surface area contributed by atoms with Crippen LogP contribution in [0.1, 0.15) is 31.2 Å². The van der Waals surface area contributed by atoms with Gasteiger partial charge in [-0.15, -0.1) is 11.6 Å². The van der Waals surface area contributed by atoms with E-state index in [-0.39, 0.29) is 5.91 Å². The number of amides is 1. The van der Waals surface area contributed by atoms with Crippen molar-refractivity contribution in [3.63, 3.8) is 0 Å². The van der Waals surface area contributed by atoms with Crippen molar-refractivity contribution in [2.24, 2.45) is 0 Å². The molecule has 1 heterocycles. The van der Waals surface area contributed by atoms with Gasteiger partial charge in [-0.3, -0.25) is 4.79 Å². The number of para-hydroxylation sites is 1. The van der Waals surface area contributed by atoms with Gasteiger partial charge in [0.1, 0.15) is 5.82 Å². The van der Waals surface area contributed by atoms with Crippen molar-refractivity contribution in [1.82, 2.24) is 14.9 Å². The molecule has 0 aliphatic heterocycles. The average molecular weight is 294 g/mol. The van der Waals surface area contributed by atoms with Crippen molar-refractivity contribution in [2.75, 3.05) is 6.54 Å². The number of fused-ring (bicyclic) bond motifs is 1. The predicted octanol–water partition coefficient (Wildman–Crippen LogP) is 3.00. The number of carbonyl (C=O) groups is 1. The Hall–Kier alpha value is -1.55. The molecule has 0 aliphatic rings. The van der Waals surface area contributed by atoms with Crippen LogP contribution < -0.4 is 5.32 Å². The highest BCUT2D eigenvalue weighted by atomic mass is 35.5. The Morgan fingerprint density at radius 3 is 2.95 bits per heavy atom. The Labute approximate surface area is 124 Å². The maximum Gasteiger partial charge on any atom is 0.221 e. The smallest absolute Gasteiger partial charge is 0.221 e. The molecule has 1 amide bonds. The number of alkyl halides is 1. The van der Waals surface area contributed by atoms with Crippen molar-refractivity contribution >= 4 is 28.5 Å². The lowest BCUT2D eigenvalue weighted by Crippen LogP contribution is -2.25. The van der Waals surface area contributed by atoms with Crippen molar-refractivity contribution < 1.29 is 4.79 Å². The van der Waals surface area contributed by atoms with E-state index in [1.807, 2.05) is 19.1 Å². The zero-order valence-corrected chi connectivity index (χ0v) is 12.7. The van der Waals surface area contributed by atoms with E-state index in [0.29, 0.717) is 18.8 Å². The number of benzene rings is 1. The number of halogens is 1. The largest absolute Gasteiger partial charge is 0.356 e. The fourth-order valence-electron chi connectivity index (χ4n) is 2.32. The Morgan fingerprint density at radius 1 is 1.45 bits per heavy atom. The van der Waals surface area contributed by atoms with Crippen LogP contribution in [-0.2, 0) is 17.2 Å². The molecular weight excluding hydrogens is 274 g/mol. The Kier molecular flexibility index (Phi) is 5.01. The molecule has 2 aromatic rings. The standard InChI is InChI=1S/C15H20ClN3O/c1-3-8-17-14(20)7-9-19-13(10-16)18-12-6-4-5-11(2)15(12)19/h4-6H,3,7-10H2,1-2H3,(H,17,20). The number of aryl methyl sites for hydroxylation is 2. The molecule has 20 heavy (non-hydrogen) atoms. The van der Waals surface area contributed by atoms with E-state index in [9.17, 15) is 4.79 Å². The van der Waals surface area contributed by atoms with E-state index in [1.54, 1.807) is 0 Å². The van der Waals surface area contributed by atoms with Crippen molar-refractivity contribution in [3.8, 4) is 0 Å². The number of aromatic nitrogens is 2. The van der Waals surface area contributed by atoms with Crippen LogP contribution >= 0.6 is 11.6 Å². The van der Waals surface area contributed by atoms with E-state index in [1.165, 1.54) is 0 Å². The van der Waals surface area contributed by atoms with E-state index in [2.05, 4.69) is 27.9 Å². The molecule has 0 saturated carbocycles. The summed E-state index contributed by atoms with van der Waals surface area (Å²) in [5.74, 6) is 1.24. The first-order chi connectivity index (χ1) is 9.67. The molecule has 0 aliphatic carbocycles. The van der Waals surface area contributed by atoms with Crippen LogP contribution in [0.15, 0.2) is 18.2 Å². The molecule has 0 fully saturated rings. The number of rotatable bonds is 6. The summed E-state index contributed by atoms with van der Waals surface area (Å²) in [6.07, 6.45) is 1.40. The first-order valence-electron chi connectivity index (χ1n) is 6.94. The van der Waals surface area contributed by atoms with E-state index in [0.717, 1.165) is 35.4 Å². The maximum absolute atomic E-state index is 11.7. The first kappa shape index (κ1) is 14.9. The maximum atomic E-state index is 11.7. The summed E-state index contributed by atoms with van der Waals surface area (Å²) in [4.78, 5) is 16.3. The van der Waals surface area contributed by atoms with Crippen LogP contribution in [0.25, 0.3) is 11.0 Å². The van der Waals surface area contributed by atoms with Gasteiger partial charge in [-0.05, 0) is 25.0 Å². The summed E-state index contributed by atoms with van der Waals surface area (Å²) in [5, 5.41) is 2.89. The summed E-state index contributed by atoms with van der Waals surface area (Å²) in [5.41, 5.74) is 3.17. The van der Waals surface area contributed by atoms with Gasteiger partial charge in [0.15, 0.2) is 0 Å². The molecule has 0 spiro atoms. The van der Waals surface area contributed by atoms with Crippen LogP contribution in [0, 0.1) is 6.92 Å². The van der Waals surface area contributed by atoms with Gasteiger partial charge in [-0.2, -0.15) is 0 Å². The topological polar surface area (TPSA) is 46.9 Å². The average Bonchev–Trinajstić information content (AvgIpc) is 2.82. The zero-order chi connectivity index (χ0) is 14.5. The van der Waals surface area contributed by atoms with Crippen LogP contribution in [0.5, 0.6) is 0 Å². The molecule has 0 radical (unpaired) electrons. The van der Waals surface area contributed by atoms with Crippen LogP contribution in [0.4, 0.5) is 0 Å². The number of hydrogen-bond donors (Lipinski definition) is 1. The highest BCUT2D eigenvalue weighted by Crippen LogP contribution is 2.21. The van der Waals surface area contributed by atoms with Crippen molar-refractivity contribution in [2.45, 2.75) is 39.1 Å². The van der Waals surface area contributed by atoms with Gasteiger partial charge in [-0.25, -0.2) is 4.98 Å². The van der Waals surface area contributed by atoms with Gasteiger partial charge in [0.2, 0.25) is 5.91 Å². The monoisotopic (exact) mass is 293 g/mol. The second kappa shape index (κ2) is 6.75. The van der Waals surface area contributed by atoms with E-state index in [4.69, 9.17) is 11.6 Å². The number of carbonyl (C=O) groups excluding carboxylic acids is 1. The summed E-state index contributed by atoms with van der Waals surface area (Å²) in [7, 11) is 0. The van der Waals surface area contributed by atoms with E-state index < -0.39 is 0 Å². The lowest BCUT2D eigenvalue weighted by Gasteiger charge is -2.09. The third-order valence-corrected chi connectivity index (χ3v) is 3.54. The van der Waals surface area contributed by atoms with Crippen molar-refractivity contribution in [3.05, 3.63) is 29.6 Å². The minimum atomic E-state index is 0.0720. The summed E-state index contributed by atoms with van der Waals surface area (Å²) in [6, 6.07) is 6.02. The molecule has 0 saturated heterocycles. The molecule has 4 nitrogen and oxygen atoms in total. The van der Waals surface area contributed by atoms with Gasteiger partial charge in [-0.1, -0.05) is 19.1 Å². The Bertz CT molecular complexity index is 606. The minimum Gasteiger partial charge on any atom is -0.356 e. The van der Waals surface area contributed by atoms with Gasteiger partial charge in [0, 0.05) is 19.5 Å². The molecule has 2 rings (SSSR count). The quantitative estimate of drug-likeness (QED) is 0.832. The SMILES string of the molecule is CCCNC(=O)CCn1c(CCl)nc2cccc(C)c21. The molecule has 1 aromatic heterocycles. The van der Waals surface area contributed by atoms with Crippen molar-refractivity contribution in [1.29, 1.82) is 0 Å². The predicted molar refractivity (Wildman–Crippen MR) is 81.9 cm³/mol. The molecule has 108 valence electrons. The second-order valence-corrected chi connectivity index (χ2v) is 5.12. The first-order valence-corrected chi connectivity index (χ1v) is 7.48. The third-order valence-electron chi connectivity index (χ3n) is 3.30. The van der Waals surface area contributed by atoms with Gasteiger partial charge in [0.05, 0.1) is 16.9 Å². The second-order valence-electron chi connectivity index (χ2n) is 4.86. The van der Waals surface area contributed by atoms with E-state index >= 15 is 0 Å². The molecule has 0 unspecified atom stereocenters.